The van der Waals surface area contributed by atoms with E-state index in [1.807, 2.05) is 12.1 Å². The molecule has 4 N–H and O–H groups in total. The van der Waals surface area contributed by atoms with Crippen molar-refractivity contribution in [2.45, 2.75) is 127 Å². The van der Waals surface area contributed by atoms with Gasteiger partial charge in [-0.1, -0.05) is 121 Å². The normalized spacial score (nSPS) is 15.2. The lowest BCUT2D eigenvalue weighted by atomic mass is 9.94. The number of carbonyl (C=O) groups is 2. The SMILES string of the molecule is COc1cc(OCC(O)CN2CCC(C(=O)NC(CCCc3ccccc3)CCCc3ccccc3)CC2)cc(OC)c1OC.COc1cc(OCC2CO2)cc(OC)c1OC.O=C(NC(CCCc1ccccc1)CCCc1ccccc1)C1CCNCC1. The lowest BCUT2D eigenvalue weighted by molar-refractivity contribution is -0.127. The number of β-amino-alcohol motifs (C(OH)–C–C–N with tert-alkyl or cyclic N) is 1. The highest BCUT2D eigenvalue weighted by Gasteiger charge is 2.29. The Morgan fingerprint density at radius 1 is 0.511 bits per heavy atom. The zero-order chi connectivity index (χ0) is 63.6. The Labute approximate surface area is 535 Å². The van der Waals surface area contributed by atoms with E-state index in [0.717, 1.165) is 136 Å². The number of aliphatic hydroxyl groups is 1. The molecule has 3 heterocycles. The fourth-order valence-corrected chi connectivity index (χ4v) is 11.6. The minimum absolute atomic E-state index is 0.000353. The Morgan fingerprint density at radius 3 is 1.19 bits per heavy atom. The van der Waals surface area contributed by atoms with E-state index < -0.39 is 6.10 Å². The van der Waals surface area contributed by atoms with Gasteiger partial charge >= 0.3 is 0 Å². The number of piperidine rings is 2. The number of carbonyl (C=O) groups excluding carboxylic acids is 2. The van der Waals surface area contributed by atoms with Gasteiger partial charge in [-0.25, -0.2) is 0 Å². The standard InChI is InChI=1S/C37H50N2O6.C25H34N2O.C12H16O5/c1-42-34-24-33(25-35(43-2)36(34)44-3)45-27-32(40)26-39-22-20-30(21-23-39)37(41)38-31(18-10-16-28-12-6-4-7-13-28)19-11-17-29-14-8-5-9-15-29;28-25(23-17-19-26-20-18-23)27-24(15-7-13-21-9-3-1-4-10-21)16-8-14-22-11-5-2-6-12-22;1-13-10-4-8(16-6-9-7-17-9)5-11(14-2)12(10)15-3/h4-9,12-15,24-25,30-32,40H,10-11,16-23,26-27H2,1-3H3,(H,38,41);1-6,9-12,23-24,26H,7-8,13-20H2,(H,27,28);4-5,9H,6-7H2,1-3H3. The molecule has 3 saturated heterocycles. The van der Waals surface area contributed by atoms with Gasteiger partial charge in [0, 0.05) is 54.7 Å². The monoisotopic (exact) mass is 1240 g/mol. The van der Waals surface area contributed by atoms with Crippen LogP contribution in [0.4, 0.5) is 0 Å². The van der Waals surface area contributed by atoms with Gasteiger partial charge in [0.15, 0.2) is 23.0 Å². The molecule has 0 saturated carbocycles. The topological polar surface area (TPSA) is 180 Å². The molecule has 3 aliphatic heterocycles. The molecule has 3 fully saturated rings. The number of hydrogen-bond donors (Lipinski definition) is 4. The van der Waals surface area contributed by atoms with Crippen molar-refractivity contribution in [3.63, 3.8) is 0 Å². The fraction of sp³-hybridized carbons (Fsp3) is 0.486. The summed E-state index contributed by atoms with van der Waals surface area (Å²) in [6.07, 6.45) is 15.7. The van der Waals surface area contributed by atoms with Crippen LogP contribution in [-0.2, 0) is 40.0 Å². The first-order chi connectivity index (χ1) is 44.1. The van der Waals surface area contributed by atoms with Gasteiger partial charge in [0.1, 0.15) is 36.9 Å². The van der Waals surface area contributed by atoms with Crippen LogP contribution in [0.1, 0.15) is 99.3 Å². The van der Waals surface area contributed by atoms with Gasteiger partial charge in [-0.15, -0.1) is 0 Å². The van der Waals surface area contributed by atoms with Crippen LogP contribution in [0.15, 0.2) is 146 Å². The summed E-state index contributed by atoms with van der Waals surface area (Å²) in [6, 6.07) is 49.9. The molecule has 6 aromatic rings. The maximum absolute atomic E-state index is 13.4. The number of rotatable bonds is 34. The van der Waals surface area contributed by atoms with Crippen LogP contribution in [0.2, 0.25) is 0 Å². The Hall–Kier alpha value is -7.50. The predicted octanol–water partition coefficient (Wildman–Crippen LogP) is 11.7. The molecular weight excluding hydrogens is 1140 g/mol. The Kier molecular flexibility index (Phi) is 30.8. The van der Waals surface area contributed by atoms with E-state index in [-0.39, 0.29) is 48.4 Å². The van der Waals surface area contributed by atoms with E-state index >= 15 is 0 Å². The number of nitrogens with zero attached hydrogens (tertiary/aromatic N) is 1. The van der Waals surface area contributed by atoms with Gasteiger partial charge in [-0.2, -0.15) is 0 Å². The average molecular weight is 1240 g/mol. The lowest BCUT2D eigenvalue weighted by Gasteiger charge is -2.33. The quantitative estimate of drug-likeness (QED) is 0.0280. The summed E-state index contributed by atoms with van der Waals surface area (Å²) in [4.78, 5) is 28.3. The van der Waals surface area contributed by atoms with E-state index in [1.54, 1.807) is 66.9 Å². The second kappa shape index (κ2) is 39.6. The number of amides is 2. The first-order valence-electron chi connectivity index (χ1n) is 32.4. The first kappa shape index (κ1) is 70.0. The van der Waals surface area contributed by atoms with E-state index in [2.05, 4.69) is 130 Å². The number of aliphatic hydroxyl groups excluding tert-OH is 1. The summed E-state index contributed by atoms with van der Waals surface area (Å²) >= 11 is 0. The van der Waals surface area contributed by atoms with Crippen molar-refractivity contribution in [2.24, 2.45) is 11.8 Å². The summed E-state index contributed by atoms with van der Waals surface area (Å²) in [5.74, 6) is 5.04. The second-order valence-corrected chi connectivity index (χ2v) is 23.5. The van der Waals surface area contributed by atoms with E-state index in [0.29, 0.717) is 59.1 Å². The second-order valence-electron chi connectivity index (χ2n) is 23.5. The number of ether oxygens (including phenoxy) is 9. The predicted molar refractivity (Wildman–Crippen MR) is 355 cm³/mol. The van der Waals surface area contributed by atoms with Crippen molar-refractivity contribution >= 4 is 11.8 Å². The summed E-state index contributed by atoms with van der Waals surface area (Å²) in [6.45, 7) is 5.39. The molecule has 0 aliphatic carbocycles. The molecule has 9 rings (SSSR count). The van der Waals surface area contributed by atoms with Crippen LogP contribution in [0.25, 0.3) is 0 Å². The molecule has 16 nitrogen and oxygen atoms in total. The van der Waals surface area contributed by atoms with Crippen molar-refractivity contribution in [1.82, 2.24) is 20.9 Å². The van der Waals surface area contributed by atoms with Crippen LogP contribution in [0, 0.1) is 11.8 Å². The first-order valence-corrected chi connectivity index (χ1v) is 32.4. The maximum Gasteiger partial charge on any atom is 0.223 e. The van der Waals surface area contributed by atoms with Crippen molar-refractivity contribution in [3.8, 4) is 46.0 Å². The van der Waals surface area contributed by atoms with Crippen LogP contribution in [0.5, 0.6) is 46.0 Å². The molecule has 0 radical (unpaired) electrons. The Balaban J connectivity index is 0.000000216. The highest BCUT2D eigenvalue weighted by atomic mass is 16.6. The minimum Gasteiger partial charge on any atom is -0.493 e. The van der Waals surface area contributed by atoms with Gasteiger partial charge in [0.2, 0.25) is 23.3 Å². The third kappa shape index (κ3) is 24.7. The van der Waals surface area contributed by atoms with Crippen molar-refractivity contribution in [3.05, 3.63) is 168 Å². The highest BCUT2D eigenvalue weighted by Crippen LogP contribution is 2.42. The van der Waals surface area contributed by atoms with E-state index in [1.165, 1.54) is 22.3 Å². The van der Waals surface area contributed by atoms with E-state index in [4.69, 9.17) is 42.6 Å². The molecule has 2 amide bonds. The Morgan fingerprint density at radius 2 is 0.856 bits per heavy atom. The molecule has 488 valence electrons. The van der Waals surface area contributed by atoms with Crippen molar-refractivity contribution in [1.29, 1.82) is 0 Å². The highest BCUT2D eigenvalue weighted by molar-refractivity contribution is 5.79. The lowest BCUT2D eigenvalue weighted by Crippen LogP contribution is -2.46. The number of methoxy groups -OCH3 is 6. The van der Waals surface area contributed by atoms with Crippen LogP contribution >= 0.6 is 0 Å². The smallest absolute Gasteiger partial charge is 0.223 e. The number of hydrogen-bond acceptors (Lipinski definition) is 14. The summed E-state index contributed by atoms with van der Waals surface area (Å²) in [5.41, 5.74) is 5.45. The minimum atomic E-state index is -0.673. The fourth-order valence-electron chi connectivity index (χ4n) is 11.6. The molecule has 3 aliphatic rings. The van der Waals surface area contributed by atoms with Gasteiger partial charge < -0.3 is 68.6 Å². The maximum atomic E-state index is 13.4. The molecule has 6 aromatic carbocycles. The van der Waals surface area contributed by atoms with Crippen molar-refractivity contribution in [2.75, 3.05) is 95.2 Å². The van der Waals surface area contributed by atoms with Crippen LogP contribution in [0.3, 0.4) is 0 Å². The van der Waals surface area contributed by atoms with Crippen molar-refractivity contribution < 1.29 is 57.3 Å². The molecule has 0 aromatic heterocycles. The molecule has 16 heteroatoms. The van der Waals surface area contributed by atoms with Gasteiger partial charge in [0.05, 0.1) is 49.3 Å². The Bertz CT molecular complexity index is 2800. The van der Waals surface area contributed by atoms with Crippen LogP contribution < -0.4 is 53.8 Å². The number of benzene rings is 6. The van der Waals surface area contributed by atoms with Gasteiger partial charge in [0.25, 0.3) is 0 Å². The third-order valence-corrected chi connectivity index (χ3v) is 16.8. The average Bonchev–Trinajstić information content (AvgIpc) is 2.56. The summed E-state index contributed by atoms with van der Waals surface area (Å²) in [7, 11) is 9.38. The molecule has 90 heavy (non-hydrogen) atoms. The van der Waals surface area contributed by atoms with E-state index in [9.17, 15) is 14.7 Å². The molecule has 0 bridgehead atoms. The largest absolute Gasteiger partial charge is 0.493 e. The third-order valence-electron chi connectivity index (χ3n) is 16.8. The number of nitrogens with one attached hydrogen (secondary N) is 3. The molecular formula is C74H100N4O12. The van der Waals surface area contributed by atoms with Gasteiger partial charge in [-0.3, -0.25) is 9.59 Å². The number of likely N-dealkylation sites (tertiary alicyclic amines) is 1. The number of epoxide rings is 1. The number of aryl methyl sites for hydroxylation is 4. The zero-order valence-electron chi connectivity index (χ0n) is 54.2. The molecule has 2 atom stereocenters. The van der Waals surface area contributed by atoms with Gasteiger partial charge in [-0.05, 0) is 151 Å². The summed E-state index contributed by atoms with van der Waals surface area (Å²) < 4.78 is 48.3. The molecule has 2 unspecified atom stereocenters. The van der Waals surface area contributed by atoms with Crippen LogP contribution in [-0.4, -0.2) is 141 Å². The molecule has 0 spiro atoms. The zero-order valence-corrected chi connectivity index (χ0v) is 54.2. The summed E-state index contributed by atoms with van der Waals surface area (Å²) in [5, 5.41) is 20.9.